The van der Waals surface area contributed by atoms with Gasteiger partial charge in [-0.1, -0.05) is 0 Å². The van der Waals surface area contributed by atoms with Gasteiger partial charge in [-0.3, -0.25) is 4.79 Å². The number of benzene rings is 1. The average Bonchev–Trinajstić information content (AvgIpc) is 2.87. The predicted molar refractivity (Wildman–Crippen MR) is 75.2 cm³/mol. The number of hydrogen-bond donors (Lipinski definition) is 1. The number of rotatable bonds is 5. The van der Waals surface area contributed by atoms with Crippen LogP contribution in [0.1, 0.15) is 22.5 Å². The van der Waals surface area contributed by atoms with Gasteiger partial charge in [-0.25, -0.2) is 4.39 Å². The maximum absolute atomic E-state index is 13.0. The van der Waals surface area contributed by atoms with E-state index >= 15 is 0 Å². The molecule has 1 amide bonds. The van der Waals surface area contributed by atoms with E-state index in [9.17, 15) is 9.18 Å². The molecule has 1 aromatic carbocycles. The Kier molecular flexibility index (Phi) is 4.53. The number of nitrogens with two attached hydrogens (primary N) is 1. The topological polar surface area (TPSA) is 59.5 Å². The van der Waals surface area contributed by atoms with E-state index in [1.54, 1.807) is 30.0 Å². The highest BCUT2D eigenvalue weighted by atomic mass is 19.1. The summed E-state index contributed by atoms with van der Waals surface area (Å²) in [5.74, 6) is 0.160. The lowest BCUT2D eigenvalue weighted by Crippen LogP contribution is -2.32. The van der Waals surface area contributed by atoms with E-state index in [4.69, 9.17) is 10.2 Å². The monoisotopic (exact) mass is 276 g/mol. The normalized spacial score (nSPS) is 10.6. The van der Waals surface area contributed by atoms with Gasteiger partial charge in [-0.15, -0.1) is 0 Å². The SMILES string of the molecule is Cc1cc(C(=O)N(CCCN)c2ccc(F)cc2)co1. The highest BCUT2D eigenvalue weighted by Gasteiger charge is 2.19. The van der Waals surface area contributed by atoms with Gasteiger partial charge >= 0.3 is 0 Å². The molecule has 0 fully saturated rings. The molecule has 0 aliphatic rings. The van der Waals surface area contributed by atoms with Crippen molar-refractivity contribution in [1.29, 1.82) is 0 Å². The molecule has 0 unspecified atom stereocenters. The van der Waals surface area contributed by atoms with Crippen LogP contribution < -0.4 is 10.6 Å². The van der Waals surface area contributed by atoms with Crippen molar-refractivity contribution in [3.05, 3.63) is 53.7 Å². The summed E-state index contributed by atoms with van der Waals surface area (Å²) in [6, 6.07) is 7.51. The molecule has 4 nitrogen and oxygen atoms in total. The third-order valence-corrected chi connectivity index (χ3v) is 2.95. The number of hydrogen-bond acceptors (Lipinski definition) is 3. The molecule has 0 radical (unpaired) electrons. The molecule has 2 N–H and O–H groups in total. The van der Waals surface area contributed by atoms with Gasteiger partial charge in [-0.2, -0.15) is 0 Å². The first-order valence-corrected chi connectivity index (χ1v) is 6.44. The molecule has 5 heteroatoms. The van der Waals surface area contributed by atoms with Crippen LogP contribution in [0.2, 0.25) is 0 Å². The Morgan fingerprint density at radius 1 is 1.35 bits per heavy atom. The fraction of sp³-hybridized carbons (Fsp3) is 0.267. The number of furan rings is 1. The minimum atomic E-state index is -0.334. The molecule has 0 saturated heterocycles. The summed E-state index contributed by atoms with van der Waals surface area (Å²) in [5, 5.41) is 0. The Morgan fingerprint density at radius 3 is 2.60 bits per heavy atom. The lowest BCUT2D eigenvalue weighted by molar-refractivity contribution is 0.0986. The van der Waals surface area contributed by atoms with E-state index in [1.807, 2.05) is 0 Å². The van der Waals surface area contributed by atoms with Crippen LogP contribution in [0, 0.1) is 12.7 Å². The summed E-state index contributed by atoms with van der Waals surface area (Å²) in [7, 11) is 0. The van der Waals surface area contributed by atoms with Gasteiger partial charge in [0.2, 0.25) is 0 Å². The van der Waals surface area contributed by atoms with E-state index in [0.717, 1.165) is 0 Å². The molecule has 20 heavy (non-hydrogen) atoms. The zero-order valence-corrected chi connectivity index (χ0v) is 11.3. The van der Waals surface area contributed by atoms with Gasteiger partial charge in [0.05, 0.1) is 5.56 Å². The first-order chi connectivity index (χ1) is 9.61. The summed E-state index contributed by atoms with van der Waals surface area (Å²) in [6.45, 7) is 2.74. The molecular formula is C15H17FN2O2. The molecule has 0 atom stereocenters. The van der Waals surface area contributed by atoms with Crippen molar-refractivity contribution in [1.82, 2.24) is 0 Å². The van der Waals surface area contributed by atoms with Crippen molar-refractivity contribution in [3.63, 3.8) is 0 Å². The van der Waals surface area contributed by atoms with E-state index < -0.39 is 0 Å². The fourth-order valence-corrected chi connectivity index (χ4v) is 1.93. The Morgan fingerprint density at radius 2 is 2.05 bits per heavy atom. The minimum absolute atomic E-state index is 0.179. The molecule has 0 aliphatic heterocycles. The lowest BCUT2D eigenvalue weighted by atomic mass is 10.2. The van der Waals surface area contributed by atoms with Crippen LogP contribution in [0.3, 0.4) is 0 Å². The lowest BCUT2D eigenvalue weighted by Gasteiger charge is -2.22. The van der Waals surface area contributed by atoms with Crippen LogP contribution in [0.4, 0.5) is 10.1 Å². The number of halogens is 1. The molecule has 0 saturated carbocycles. The first-order valence-electron chi connectivity index (χ1n) is 6.44. The largest absolute Gasteiger partial charge is 0.469 e. The molecule has 2 aromatic rings. The Balaban J connectivity index is 2.27. The summed E-state index contributed by atoms with van der Waals surface area (Å²) in [5.41, 5.74) is 6.62. The number of aryl methyl sites for hydroxylation is 1. The van der Waals surface area contributed by atoms with Crippen LogP contribution in [0.5, 0.6) is 0 Å². The zero-order valence-electron chi connectivity index (χ0n) is 11.3. The number of carbonyl (C=O) groups excluding carboxylic acids is 1. The van der Waals surface area contributed by atoms with Crippen molar-refractivity contribution >= 4 is 11.6 Å². The summed E-state index contributed by atoms with van der Waals surface area (Å²) in [4.78, 5) is 14.1. The second-order valence-corrected chi connectivity index (χ2v) is 4.52. The standard InChI is InChI=1S/C15H17FN2O2/c1-11-9-12(10-20-11)15(19)18(8-2-7-17)14-5-3-13(16)4-6-14/h3-6,9-10H,2,7-8,17H2,1H3. The van der Waals surface area contributed by atoms with Crippen molar-refractivity contribution in [2.45, 2.75) is 13.3 Å². The van der Waals surface area contributed by atoms with Gasteiger partial charge in [0.25, 0.3) is 5.91 Å². The van der Waals surface area contributed by atoms with Crippen molar-refractivity contribution < 1.29 is 13.6 Å². The minimum Gasteiger partial charge on any atom is -0.469 e. The third kappa shape index (κ3) is 3.24. The Bertz CT molecular complexity index is 578. The molecule has 0 aliphatic carbocycles. The second-order valence-electron chi connectivity index (χ2n) is 4.52. The van der Waals surface area contributed by atoms with Crippen molar-refractivity contribution in [2.24, 2.45) is 5.73 Å². The van der Waals surface area contributed by atoms with Crippen LogP contribution in [-0.4, -0.2) is 19.0 Å². The van der Waals surface area contributed by atoms with Crippen LogP contribution in [-0.2, 0) is 0 Å². The van der Waals surface area contributed by atoms with Gasteiger partial charge < -0.3 is 15.1 Å². The highest BCUT2D eigenvalue weighted by Crippen LogP contribution is 2.19. The van der Waals surface area contributed by atoms with E-state index in [0.29, 0.717) is 36.5 Å². The Hall–Kier alpha value is -2.14. The number of carbonyl (C=O) groups is 1. The predicted octanol–water partition coefficient (Wildman–Crippen LogP) is 2.72. The van der Waals surface area contributed by atoms with Gasteiger partial charge in [0.1, 0.15) is 17.8 Å². The van der Waals surface area contributed by atoms with Gasteiger partial charge in [0.15, 0.2) is 0 Å². The maximum atomic E-state index is 13.0. The fourth-order valence-electron chi connectivity index (χ4n) is 1.93. The van der Waals surface area contributed by atoms with Gasteiger partial charge in [0, 0.05) is 12.2 Å². The molecule has 1 heterocycles. The zero-order chi connectivity index (χ0) is 14.5. The quantitative estimate of drug-likeness (QED) is 0.913. The van der Waals surface area contributed by atoms with E-state index in [2.05, 4.69) is 0 Å². The average molecular weight is 276 g/mol. The smallest absolute Gasteiger partial charge is 0.261 e. The molecular weight excluding hydrogens is 259 g/mol. The van der Waals surface area contributed by atoms with Crippen molar-refractivity contribution in [3.8, 4) is 0 Å². The molecule has 0 bridgehead atoms. The molecule has 2 rings (SSSR count). The first kappa shape index (κ1) is 14.3. The van der Waals surface area contributed by atoms with Crippen molar-refractivity contribution in [2.75, 3.05) is 18.0 Å². The Labute approximate surface area is 117 Å². The molecule has 0 spiro atoms. The van der Waals surface area contributed by atoms with Crippen LogP contribution in [0.15, 0.2) is 41.0 Å². The maximum Gasteiger partial charge on any atom is 0.261 e. The third-order valence-electron chi connectivity index (χ3n) is 2.95. The van der Waals surface area contributed by atoms with E-state index in [1.165, 1.54) is 18.4 Å². The summed E-state index contributed by atoms with van der Waals surface area (Å²) < 4.78 is 18.2. The number of nitrogens with zero attached hydrogens (tertiary/aromatic N) is 1. The number of anilines is 1. The summed E-state index contributed by atoms with van der Waals surface area (Å²) in [6.07, 6.45) is 2.09. The number of amides is 1. The summed E-state index contributed by atoms with van der Waals surface area (Å²) >= 11 is 0. The van der Waals surface area contributed by atoms with Crippen LogP contribution in [0.25, 0.3) is 0 Å². The van der Waals surface area contributed by atoms with E-state index in [-0.39, 0.29) is 11.7 Å². The highest BCUT2D eigenvalue weighted by molar-refractivity contribution is 6.05. The molecule has 106 valence electrons. The molecule has 1 aromatic heterocycles. The van der Waals surface area contributed by atoms with Crippen LogP contribution >= 0.6 is 0 Å². The van der Waals surface area contributed by atoms with Gasteiger partial charge in [-0.05, 0) is 50.2 Å². The second kappa shape index (κ2) is 6.34.